The van der Waals surface area contributed by atoms with Gasteiger partial charge in [-0.1, -0.05) is 120 Å². The first-order valence-electron chi connectivity index (χ1n) is 13.0. The predicted molar refractivity (Wildman–Crippen MR) is 142 cm³/mol. The largest absolute Gasteiger partial charge is 3.00 e. The first-order valence-corrected chi connectivity index (χ1v) is 13.0. The maximum Gasteiger partial charge on any atom is 3.00 e. The second-order valence-corrected chi connectivity index (χ2v) is 12.9. The van der Waals surface area contributed by atoms with Crippen LogP contribution in [0.1, 0.15) is 79.4 Å². The molecule has 0 aromatic heterocycles. The number of hydrogen-bond donors (Lipinski definition) is 0. The van der Waals surface area contributed by atoms with Gasteiger partial charge in [0, 0.05) is 0 Å². The van der Waals surface area contributed by atoms with Crippen molar-refractivity contribution in [3.63, 3.8) is 0 Å². The van der Waals surface area contributed by atoms with Crippen LogP contribution >= 0.6 is 0 Å². The monoisotopic (exact) mass is 595 g/mol. The summed E-state index contributed by atoms with van der Waals surface area (Å²) in [6.07, 6.45) is 8.48. The Kier molecular flexibility index (Phi) is 7.60. The van der Waals surface area contributed by atoms with Crippen molar-refractivity contribution < 1.29 is 51.0 Å². The van der Waals surface area contributed by atoms with Crippen LogP contribution in [0.25, 0.3) is 16.3 Å². The predicted octanol–water partition coefficient (Wildman–Crippen LogP) is 3.12. The standard InChI is InChI=1S/C33H39.2ClH.Zr/c1-20-29-26-19-25-22-14-10-9-13-21(22)17-18-23(25)28(26)24-15-11-12-16-27(24)33(29,8)32(6,7)31(4,5)30(20,2)3;;;/h9-11,13-15,17-18,27H,12,16,19H2,1-8H3;2*1H;/q-1;;;+3/p-2. The van der Waals surface area contributed by atoms with Crippen LogP contribution in [0.15, 0.2) is 65.3 Å². The summed E-state index contributed by atoms with van der Waals surface area (Å²) in [5.41, 5.74) is 10.2. The molecule has 4 aliphatic rings. The molecule has 1 saturated carbocycles. The molecule has 36 heavy (non-hydrogen) atoms. The Hall–Kier alpha value is -0.747. The van der Waals surface area contributed by atoms with Crippen LogP contribution in [-0.2, 0) is 32.6 Å². The Balaban J connectivity index is 0.00000120. The molecule has 6 rings (SSSR count). The fourth-order valence-corrected chi connectivity index (χ4v) is 8.40. The van der Waals surface area contributed by atoms with E-state index < -0.39 is 0 Å². The normalized spacial score (nSPS) is 28.2. The molecule has 0 bridgehead atoms. The second kappa shape index (κ2) is 9.17. The number of rotatable bonds is 0. The van der Waals surface area contributed by atoms with Crippen molar-refractivity contribution in [3.8, 4) is 0 Å². The van der Waals surface area contributed by atoms with Crippen LogP contribution in [0, 0.1) is 33.5 Å². The molecule has 189 valence electrons. The summed E-state index contributed by atoms with van der Waals surface area (Å²) in [5, 5.41) is 2.81. The van der Waals surface area contributed by atoms with Crippen LogP contribution in [0.5, 0.6) is 0 Å². The number of hydrogen-bond acceptors (Lipinski definition) is 0. The van der Waals surface area contributed by atoms with Gasteiger partial charge in [0.1, 0.15) is 0 Å². The van der Waals surface area contributed by atoms with Crippen LogP contribution in [0.3, 0.4) is 0 Å². The average molecular weight is 598 g/mol. The molecule has 2 aromatic carbocycles. The van der Waals surface area contributed by atoms with Crippen LogP contribution in [0.2, 0.25) is 0 Å². The molecule has 4 aliphatic carbocycles. The van der Waals surface area contributed by atoms with Gasteiger partial charge in [0.15, 0.2) is 0 Å². The van der Waals surface area contributed by atoms with E-state index in [1.165, 1.54) is 29.2 Å². The van der Waals surface area contributed by atoms with Gasteiger partial charge in [-0.25, -0.2) is 5.92 Å². The van der Waals surface area contributed by atoms with E-state index in [0.717, 1.165) is 6.42 Å². The summed E-state index contributed by atoms with van der Waals surface area (Å²) >= 11 is 0. The van der Waals surface area contributed by atoms with Crippen molar-refractivity contribution in [1.82, 2.24) is 0 Å². The summed E-state index contributed by atoms with van der Waals surface area (Å²) in [5.74, 6) is 2.21. The van der Waals surface area contributed by atoms with Gasteiger partial charge in [0.25, 0.3) is 0 Å². The summed E-state index contributed by atoms with van der Waals surface area (Å²) in [7, 11) is 0. The molecule has 1 radical (unpaired) electrons. The number of allylic oxidation sites excluding steroid dienone is 6. The van der Waals surface area contributed by atoms with Crippen LogP contribution in [0.4, 0.5) is 0 Å². The van der Waals surface area contributed by atoms with Crippen LogP contribution < -0.4 is 24.8 Å². The Bertz CT molecular complexity index is 1310. The van der Waals surface area contributed by atoms with Gasteiger partial charge in [0.05, 0.1) is 0 Å². The SMILES string of the molecule is C[C-]1C2=C3Cc4c(ccc5ccccc45)C3=C3C=CCCC3C2(C)C(C)(C)C(C)(C)C1(C)C.[Cl-].[Cl-].[Zr+3]. The zero-order chi connectivity index (χ0) is 23.6. The topological polar surface area (TPSA) is 0 Å². The molecule has 3 heteroatoms. The molecule has 1 fully saturated rings. The molecular weight excluding hydrogens is 558 g/mol. The Labute approximate surface area is 250 Å². The molecule has 0 N–H and O–H groups in total. The molecular formula is C33H39Cl2Zr. The summed E-state index contributed by atoms with van der Waals surface area (Å²) < 4.78 is 0. The second-order valence-electron chi connectivity index (χ2n) is 12.9. The number of halogens is 2. The average Bonchev–Trinajstić information content (AvgIpc) is 3.17. The minimum Gasteiger partial charge on any atom is -1.00 e. The maximum absolute atomic E-state index is 2.64. The zero-order valence-electron chi connectivity index (χ0n) is 23.1. The van der Waals surface area contributed by atoms with Crippen molar-refractivity contribution in [2.75, 3.05) is 0 Å². The third kappa shape index (κ3) is 3.24. The Morgan fingerprint density at radius 2 is 1.53 bits per heavy atom. The number of benzene rings is 2. The summed E-state index contributed by atoms with van der Waals surface area (Å²) in [6, 6.07) is 13.8. The van der Waals surface area contributed by atoms with E-state index >= 15 is 0 Å². The van der Waals surface area contributed by atoms with Gasteiger partial charge in [-0.2, -0.15) is 11.1 Å². The fourth-order valence-electron chi connectivity index (χ4n) is 8.40. The minimum atomic E-state index is 0. The van der Waals surface area contributed by atoms with Gasteiger partial charge in [-0.05, 0) is 56.9 Å². The molecule has 2 aromatic rings. The van der Waals surface area contributed by atoms with Gasteiger partial charge < -0.3 is 24.8 Å². The zero-order valence-corrected chi connectivity index (χ0v) is 27.0. The minimum absolute atomic E-state index is 0. The Morgan fingerprint density at radius 1 is 0.861 bits per heavy atom. The molecule has 0 saturated heterocycles. The first-order chi connectivity index (χ1) is 15.5. The van der Waals surface area contributed by atoms with Crippen molar-refractivity contribution in [2.45, 2.75) is 74.7 Å². The molecule has 0 spiro atoms. The maximum atomic E-state index is 2.64. The summed E-state index contributed by atoms with van der Waals surface area (Å²) in [4.78, 5) is 0. The molecule has 0 nitrogen and oxygen atoms in total. The van der Waals surface area contributed by atoms with E-state index in [2.05, 4.69) is 104 Å². The molecule has 0 amide bonds. The van der Waals surface area contributed by atoms with Gasteiger partial charge in [-0.15, -0.1) is 6.92 Å². The quantitative estimate of drug-likeness (QED) is 0.410. The van der Waals surface area contributed by atoms with Crippen molar-refractivity contribution in [2.24, 2.45) is 27.6 Å². The first kappa shape index (κ1) is 29.8. The van der Waals surface area contributed by atoms with Crippen molar-refractivity contribution in [3.05, 3.63) is 82.3 Å². The number of fused-ring (bicyclic) bond motifs is 8. The van der Waals surface area contributed by atoms with E-state index in [0.29, 0.717) is 5.92 Å². The smallest absolute Gasteiger partial charge is 1.00 e. The van der Waals surface area contributed by atoms with Gasteiger partial charge in [0.2, 0.25) is 0 Å². The fraction of sp³-hybridized carbons (Fsp3) is 0.485. The van der Waals surface area contributed by atoms with Gasteiger partial charge >= 0.3 is 26.2 Å². The Morgan fingerprint density at radius 3 is 2.22 bits per heavy atom. The molecule has 2 atom stereocenters. The van der Waals surface area contributed by atoms with E-state index in [9.17, 15) is 0 Å². The van der Waals surface area contributed by atoms with Crippen molar-refractivity contribution >= 4 is 16.3 Å². The van der Waals surface area contributed by atoms with Crippen LogP contribution in [-0.4, -0.2) is 0 Å². The van der Waals surface area contributed by atoms with E-state index in [1.807, 2.05) is 0 Å². The third-order valence-electron chi connectivity index (χ3n) is 11.8. The third-order valence-corrected chi connectivity index (χ3v) is 11.8. The van der Waals surface area contributed by atoms with E-state index in [4.69, 9.17) is 0 Å². The molecule has 2 unspecified atom stereocenters. The van der Waals surface area contributed by atoms with E-state index in [1.54, 1.807) is 33.8 Å². The molecule has 0 aliphatic heterocycles. The molecule has 0 heterocycles. The van der Waals surface area contributed by atoms with Crippen molar-refractivity contribution in [1.29, 1.82) is 0 Å². The summed E-state index contributed by atoms with van der Waals surface area (Å²) in [6.45, 7) is 20.4. The van der Waals surface area contributed by atoms with Gasteiger partial charge in [-0.3, -0.25) is 0 Å². The van der Waals surface area contributed by atoms with E-state index in [-0.39, 0.29) is 72.7 Å².